The van der Waals surface area contributed by atoms with Gasteiger partial charge < -0.3 is 10.6 Å². The third-order valence-corrected chi connectivity index (χ3v) is 4.05. The Hall–Kier alpha value is -1.40. The molecule has 3 N–H and O–H groups in total. The molecule has 0 aromatic heterocycles. The Morgan fingerprint density at radius 2 is 2.05 bits per heavy atom. The highest BCUT2D eigenvalue weighted by Crippen LogP contribution is 2.33. The van der Waals surface area contributed by atoms with Crippen molar-refractivity contribution in [3.8, 4) is 0 Å². The molecule has 20 heavy (non-hydrogen) atoms. The maximum Gasteiger partial charge on any atom is 0.251 e. The van der Waals surface area contributed by atoms with Gasteiger partial charge >= 0.3 is 0 Å². The van der Waals surface area contributed by atoms with Crippen LogP contribution in [0.25, 0.3) is 0 Å². The van der Waals surface area contributed by atoms with Gasteiger partial charge in [0, 0.05) is 16.2 Å². The highest BCUT2D eigenvalue weighted by molar-refractivity contribution is 9.10. The van der Waals surface area contributed by atoms with Gasteiger partial charge in [0.15, 0.2) is 0 Å². The van der Waals surface area contributed by atoms with Crippen molar-refractivity contribution in [1.82, 2.24) is 5.32 Å². The van der Waals surface area contributed by atoms with Crippen molar-refractivity contribution in [3.63, 3.8) is 0 Å². The molecule has 1 aromatic carbocycles. The first-order valence-corrected chi connectivity index (χ1v) is 7.19. The lowest BCUT2D eigenvalue weighted by Crippen LogP contribution is -2.64. The first-order valence-electron chi connectivity index (χ1n) is 6.40. The average molecular weight is 340 g/mol. The molecule has 108 valence electrons. The molecular formula is C14H18BrN3O2. The Bertz CT molecular complexity index is 570. The minimum Gasteiger partial charge on any atom is -0.348 e. The van der Waals surface area contributed by atoms with Crippen LogP contribution in [-0.2, 0) is 9.59 Å². The zero-order valence-electron chi connectivity index (χ0n) is 11.7. The molecule has 0 saturated carbocycles. The van der Waals surface area contributed by atoms with Gasteiger partial charge in [0.1, 0.15) is 5.54 Å². The lowest BCUT2D eigenvalue weighted by Gasteiger charge is -2.43. The van der Waals surface area contributed by atoms with Crippen LogP contribution in [-0.4, -0.2) is 23.9 Å². The fourth-order valence-electron chi connectivity index (χ4n) is 2.31. The minimum absolute atomic E-state index is 0.139. The first kappa shape index (κ1) is 15.0. The molecule has 1 atom stereocenters. The van der Waals surface area contributed by atoms with E-state index >= 15 is 0 Å². The summed E-state index contributed by atoms with van der Waals surface area (Å²) in [6.07, 6.45) is 0. The second kappa shape index (κ2) is 5.18. The molecule has 0 spiro atoms. The number of halogens is 1. The van der Waals surface area contributed by atoms with E-state index in [4.69, 9.17) is 5.73 Å². The first-order chi connectivity index (χ1) is 9.23. The highest BCUT2D eigenvalue weighted by atomic mass is 79.9. The van der Waals surface area contributed by atoms with Crippen molar-refractivity contribution in [2.45, 2.75) is 32.4 Å². The van der Waals surface area contributed by atoms with Gasteiger partial charge in [-0.2, -0.15) is 0 Å². The van der Waals surface area contributed by atoms with Crippen LogP contribution in [0.3, 0.4) is 0 Å². The van der Waals surface area contributed by atoms with E-state index in [1.807, 2.05) is 25.1 Å². The molecule has 2 amide bonds. The van der Waals surface area contributed by atoms with Crippen molar-refractivity contribution in [2.24, 2.45) is 5.73 Å². The maximum atomic E-state index is 12.0. The quantitative estimate of drug-likeness (QED) is 0.804. The molecule has 0 aliphatic carbocycles. The Labute approximate surface area is 126 Å². The van der Waals surface area contributed by atoms with Crippen LogP contribution in [0.4, 0.5) is 5.69 Å². The largest absolute Gasteiger partial charge is 0.348 e. The summed E-state index contributed by atoms with van der Waals surface area (Å²) in [5.41, 5.74) is 6.93. The molecule has 6 heteroatoms. The molecule has 5 nitrogen and oxygen atoms in total. The van der Waals surface area contributed by atoms with Crippen LogP contribution >= 0.6 is 15.9 Å². The number of rotatable bonds is 2. The Balaban J connectivity index is 2.54. The fourth-order valence-corrected chi connectivity index (χ4v) is 2.68. The number of nitrogens with zero attached hydrogens (tertiary/aromatic N) is 1. The van der Waals surface area contributed by atoms with E-state index in [-0.39, 0.29) is 24.4 Å². The summed E-state index contributed by atoms with van der Waals surface area (Å²) in [6, 6.07) is 5.50. The van der Waals surface area contributed by atoms with E-state index in [9.17, 15) is 9.59 Å². The number of carbonyl (C=O) groups excluding carboxylic acids is 2. The topological polar surface area (TPSA) is 75.4 Å². The summed E-state index contributed by atoms with van der Waals surface area (Å²) in [5, 5.41) is 2.37. The summed E-state index contributed by atoms with van der Waals surface area (Å²) >= 11 is 3.42. The molecule has 1 heterocycles. The SMILES string of the molecule is CC(N)c1cc(Br)ccc1N1CC(=O)NC(=O)C1(C)C. The van der Waals surface area contributed by atoms with Crippen LogP contribution in [0, 0.1) is 0 Å². The van der Waals surface area contributed by atoms with E-state index in [0.29, 0.717) is 0 Å². The number of piperazine rings is 1. The van der Waals surface area contributed by atoms with Gasteiger partial charge in [0.2, 0.25) is 5.91 Å². The zero-order chi connectivity index (χ0) is 15.1. The van der Waals surface area contributed by atoms with Crippen molar-refractivity contribution in [1.29, 1.82) is 0 Å². The van der Waals surface area contributed by atoms with Crippen LogP contribution in [0.5, 0.6) is 0 Å². The maximum absolute atomic E-state index is 12.0. The van der Waals surface area contributed by atoms with Crippen LogP contribution in [0.2, 0.25) is 0 Å². The number of hydrogen-bond donors (Lipinski definition) is 2. The molecule has 1 aliphatic heterocycles. The predicted molar refractivity (Wildman–Crippen MR) is 81.3 cm³/mol. The smallest absolute Gasteiger partial charge is 0.251 e. The number of hydrogen-bond acceptors (Lipinski definition) is 4. The van der Waals surface area contributed by atoms with E-state index in [0.717, 1.165) is 15.7 Å². The lowest BCUT2D eigenvalue weighted by molar-refractivity contribution is -0.135. The van der Waals surface area contributed by atoms with Crippen LogP contribution in [0.15, 0.2) is 22.7 Å². The van der Waals surface area contributed by atoms with Crippen molar-refractivity contribution in [3.05, 3.63) is 28.2 Å². The van der Waals surface area contributed by atoms with Crippen LogP contribution < -0.4 is 16.0 Å². The van der Waals surface area contributed by atoms with Gasteiger partial charge in [-0.05, 0) is 44.5 Å². The molecule has 2 rings (SSSR count). The van der Waals surface area contributed by atoms with Gasteiger partial charge in [-0.3, -0.25) is 14.9 Å². The summed E-state index contributed by atoms with van der Waals surface area (Å²) in [5.74, 6) is -0.597. The normalized spacial score (nSPS) is 19.8. The predicted octanol–water partition coefficient (Wildman–Crippen LogP) is 1.71. The molecule has 1 unspecified atom stereocenters. The summed E-state index contributed by atoms with van der Waals surface area (Å²) < 4.78 is 0.916. The Kier molecular flexibility index (Phi) is 3.88. The molecule has 0 radical (unpaired) electrons. The van der Waals surface area contributed by atoms with Gasteiger partial charge in [-0.15, -0.1) is 0 Å². The van der Waals surface area contributed by atoms with Crippen molar-refractivity contribution in [2.75, 3.05) is 11.4 Å². The summed E-state index contributed by atoms with van der Waals surface area (Å²) in [7, 11) is 0. The van der Waals surface area contributed by atoms with Gasteiger partial charge in [-0.25, -0.2) is 0 Å². The zero-order valence-corrected chi connectivity index (χ0v) is 13.3. The van der Waals surface area contributed by atoms with Gasteiger partial charge in [0.25, 0.3) is 5.91 Å². The van der Waals surface area contributed by atoms with E-state index < -0.39 is 5.54 Å². The lowest BCUT2D eigenvalue weighted by atomic mass is 9.95. The van der Waals surface area contributed by atoms with E-state index in [1.165, 1.54) is 0 Å². The summed E-state index contributed by atoms with van der Waals surface area (Å²) in [6.45, 7) is 5.60. The number of nitrogens with one attached hydrogen (secondary N) is 1. The molecule has 0 bridgehead atoms. The second-order valence-electron chi connectivity index (χ2n) is 5.51. The minimum atomic E-state index is -0.800. The molecule has 1 aromatic rings. The molecule has 1 saturated heterocycles. The number of nitrogens with two attached hydrogens (primary N) is 1. The second-order valence-corrected chi connectivity index (χ2v) is 6.43. The van der Waals surface area contributed by atoms with Gasteiger partial charge in [-0.1, -0.05) is 15.9 Å². The van der Waals surface area contributed by atoms with Crippen molar-refractivity contribution < 1.29 is 9.59 Å². The third kappa shape index (κ3) is 2.58. The van der Waals surface area contributed by atoms with Crippen LogP contribution in [0.1, 0.15) is 32.4 Å². The number of anilines is 1. The fraction of sp³-hybridized carbons (Fsp3) is 0.429. The Morgan fingerprint density at radius 3 is 2.65 bits per heavy atom. The molecule has 1 fully saturated rings. The van der Waals surface area contributed by atoms with Crippen molar-refractivity contribution >= 4 is 33.4 Å². The monoisotopic (exact) mass is 339 g/mol. The average Bonchev–Trinajstić information content (AvgIpc) is 2.34. The molecule has 1 aliphatic rings. The van der Waals surface area contributed by atoms with E-state index in [2.05, 4.69) is 21.2 Å². The number of carbonyl (C=O) groups is 2. The molecular weight excluding hydrogens is 322 g/mol. The standard InChI is InChI=1S/C14H18BrN3O2/c1-8(16)10-6-9(15)4-5-11(10)18-7-12(19)17-13(20)14(18,2)3/h4-6,8H,7,16H2,1-3H3,(H,17,19,20). The Morgan fingerprint density at radius 1 is 1.40 bits per heavy atom. The van der Waals surface area contributed by atoms with E-state index in [1.54, 1.807) is 18.7 Å². The number of imide groups is 1. The van der Waals surface area contributed by atoms with Gasteiger partial charge in [0.05, 0.1) is 6.54 Å². The highest BCUT2D eigenvalue weighted by Gasteiger charge is 2.41. The number of amides is 2. The third-order valence-electron chi connectivity index (χ3n) is 3.56. The summed E-state index contributed by atoms with van der Waals surface area (Å²) in [4.78, 5) is 25.5. The number of benzene rings is 1.